The van der Waals surface area contributed by atoms with Crippen LogP contribution in [0, 0.1) is 12.1 Å². The zero-order chi connectivity index (χ0) is 9.38. The molecule has 0 amide bonds. The Hall–Kier alpha value is 0.388. The van der Waals surface area contributed by atoms with Gasteiger partial charge in [-0.1, -0.05) is 0 Å². The molecule has 0 saturated heterocycles. The number of hydrogen-bond acceptors (Lipinski definition) is 0. The van der Waals surface area contributed by atoms with Crippen LogP contribution < -0.4 is 0 Å². The Morgan fingerprint density at radius 3 is 1.00 bits per heavy atom. The minimum Gasteiger partial charge on any atom is -0.199 e. The molecule has 16 heavy (non-hydrogen) atoms. The fourth-order valence-corrected chi connectivity index (χ4v) is 1.69. The van der Waals surface area contributed by atoms with Crippen LogP contribution in [-0.2, 0) is 65.4 Å². The summed E-state index contributed by atoms with van der Waals surface area (Å²) in [5, 5.41) is 4.52. The van der Waals surface area contributed by atoms with Crippen LogP contribution in [0.5, 0.6) is 0 Å². The van der Waals surface area contributed by atoms with Crippen LogP contribution in [0.4, 0.5) is 0 Å². The molecule has 0 aliphatic heterocycles. The molecule has 0 aliphatic rings. The van der Waals surface area contributed by atoms with Gasteiger partial charge in [-0.05, 0) is 0 Å². The normalized spacial score (nSPS) is 9.50. The van der Waals surface area contributed by atoms with Crippen LogP contribution in [-0.4, -0.2) is 0 Å². The van der Waals surface area contributed by atoms with Gasteiger partial charge in [-0.15, -0.1) is 24.3 Å². The Morgan fingerprint density at radius 1 is 0.500 bits per heavy atom. The predicted octanol–water partition coefficient (Wildman–Crippen LogP) is 3.59. The van der Waals surface area contributed by atoms with Crippen LogP contribution >= 0.6 is 0 Å². The maximum atomic E-state index is 3.38. The van der Waals surface area contributed by atoms with Crippen molar-refractivity contribution in [2.45, 2.75) is 0 Å². The Kier molecular flexibility index (Phi) is 5.74. The topological polar surface area (TPSA) is 0 Å². The maximum Gasteiger partial charge on any atom is 0 e. The first-order valence-corrected chi connectivity index (χ1v) is 4.65. The minimum absolute atomic E-state index is 0. The Morgan fingerprint density at radius 2 is 0.750 bits per heavy atom. The third-order valence-corrected chi connectivity index (χ3v) is 2.39. The van der Waals surface area contributed by atoms with E-state index in [9.17, 15) is 0 Å². The Labute approximate surface area is 146 Å². The number of benzene rings is 3. The van der Waals surface area contributed by atoms with Crippen LogP contribution in [0.2, 0.25) is 0 Å². The van der Waals surface area contributed by atoms with E-state index in [1.54, 1.807) is 0 Å². The van der Waals surface area contributed by atoms with E-state index in [1.165, 1.54) is 0 Å². The zero-order valence-electron chi connectivity index (χ0n) is 8.77. The summed E-state index contributed by atoms with van der Waals surface area (Å²) in [6.07, 6.45) is 0. The Balaban J connectivity index is 0.000000640. The molecular weight excluding hydrogens is 346 g/mol. The van der Waals surface area contributed by atoms with Crippen LogP contribution in [0.15, 0.2) is 48.5 Å². The van der Waals surface area contributed by atoms with Crippen molar-refractivity contribution in [3.8, 4) is 0 Å². The van der Waals surface area contributed by atoms with Crippen molar-refractivity contribution in [1.29, 1.82) is 0 Å². The van der Waals surface area contributed by atoms with E-state index in [-0.39, 0.29) is 65.4 Å². The first kappa shape index (κ1) is 14.4. The molecule has 0 heterocycles. The van der Waals surface area contributed by atoms with Crippen LogP contribution in [0.1, 0.15) is 0 Å². The van der Waals surface area contributed by atoms with Crippen molar-refractivity contribution in [2.24, 2.45) is 0 Å². The first-order chi connectivity index (χ1) is 6.93. The maximum absolute atomic E-state index is 3.38. The van der Waals surface area contributed by atoms with Gasteiger partial charge in [0.2, 0.25) is 0 Å². The monoisotopic (exact) mass is 354 g/mol. The summed E-state index contributed by atoms with van der Waals surface area (Å²) in [5.74, 6) is 0. The predicted molar refractivity (Wildman–Crippen MR) is 59.1 cm³/mol. The largest absolute Gasteiger partial charge is 0.199 e. The van der Waals surface area contributed by atoms with E-state index in [2.05, 4.69) is 36.4 Å². The smallest absolute Gasteiger partial charge is 0 e. The first-order valence-electron chi connectivity index (χ1n) is 4.65. The second-order valence-corrected chi connectivity index (χ2v) is 3.34. The molecule has 72 valence electrons. The average Bonchev–Trinajstić information content (AvgIpc) is 2.26. The van der Waals surface area contributed by atoms with Gasteiger partial charge >= 0.3 is 0 Å². The number of rotatable bonds is 0. The van der Waals surface area contributed by atoms with Gasteiger partial charge in [0.05, 0.1) is 0 Å². The summed E-state index contributed by atoms with van der Waals surface area (Å²) >= 11 is 0. The fourth-order valence-electron chi connectivity index (χ4n) is 1.69. The second-order valence-electron chi connectivity index (χ2n) is 3.34. The van der Waals surface area contributed by atoms with Gasteiger partial charge in [0.25, 0.3) is 0 Å². The van der Waals surface area contributed by atoms with E-state index in [4.69, 9.17) is 0 Å². The van der Waals surface area contributed by atoms with E-state index >= 15 is 0 Å². The van der Waals surface area contributed by atoms with Gasteiger partial charge in [0.15, 0.2) is 0 Å². The molecule has 0 aliphatic carbocycles. The zero-order valence-corrected chi connectivity index (χ0v) is 14.5. The molecule has 3 aromatic carbocycles. The van der Waals surface area contributed by atoms with Gasteiger partial charge in [0, 0.05) is 65.4 Å². The summed E-state index contributed by atoms with van der Waals surface area (Å²) in [6, 6.07) is 23.1. The van der Waals surface area contributed by atoms with Gasteiger partial charge in [-0.25, -0.2) is 0 Å². The van der Waals surface area contributed by atoms with Gasteiger partial charge < -0.3 is 0 Å². The van der Waals surface area contributed by atoms with E-state index in [1.807, 2.05) is 24.3 Å². The number of hydrogen-bond donors (Lipinski definition) is 0. The average molecular weight is 354 g/mol. The van der Waals surface area contributed by atoms with Crippen molar-refractivity contribution in [3.63, 3.8) is 0 Å². The SMILES string of the molecule is [Y].[Y].[c-]1c2ccccc2[c-]c2ccccc12. The van der Waals surface area contributed by atoms with E-state index in [0.29, 0.717) is 0 Å². The van der Waals surface area contributed by atoms with Crippen LogP contribution in [0.3, 0.4) is 0 Å². The van der Waals surface area contributed by atoms with Crippen molar-refractivity contribution >= 4 is 21.5 Å². The molecule has 0 aromatic heterocycles. The van der Waals surface area contributed by atoms with Crippen molar-refractivity contribution in [2.75, 3.05) is 0 Å². The molecule has 0 nitrogen and oxygen atoms in total. The molecule has 2 radical (unpaired) electrons. The van der Waals surface area contributed by atoms with Gasteiger partial charge in [0.1, 0.15) is 0 Å². The minimum atomic E-state index is 0. The Bertz CT molecular complexity index is 497. The molecule has 0 fully saturated rings. The molecule has 0 N–H and O–H groups in total. The summed E-state index contributed by atoms with van der Waals surface area (Å²) in [7, 11) is 0. The third kappa shape index (κ3) is 2.79. The molecule has 0 unspecified atom stereocenters. The quantitative estimate of drug-likeness (QED) is 0.428. The standard InChI is InChI=1S/C14H8.2Y/c1-2-6-12-10-14-8-4-3-7-13(14)9-11(12)5-1;;/h1-8H;;/q-2;;. The molecule has 0 bridgehead atoms. The molecule has 3 aromatic rings. The molecular formula is C14H8Y2-2. The fraction of sp³-hybridized carbons (Fsp3) is 0. The summed E-state index contributed by atoms with van der Waals surface area (Å²) < 4.78 is 0. The van der Waals surface area contributed by atoms with E-state index < -0.39 is 0 Å². The summed E-state index contributed by atoms with van der Waals surface area (Å²) in [6.45, 7) is 0. The third-order valence-electron chi connectivity index (χ3n) is 2.39. The second kappa shape index (κ2) is 6.36. The molecule has 0 spiro atoms. The van der Waals surface area contributed by atoms with Gasteiger partial charge in [-0.3, -0.25) is 0 Å². The summed E-state index contributed by atoms with van der Waals surface area (Å²) in [5.41, 5.74) is 0. The molecule has 2 heteroatoms. The van der Waals surface area contributed by atoms with E-state index in [0.717, 1.165) is 21.5 Å². The van der Waals surface area contributed by atoms with Crippen molar-refractivity contribution < 1.29 is 65.4 Å². The molecule has 0 saturated carbocycles. The molecule has 0 atom stereocenters. The van der Waals surface area contributed by atoms with Crippen molar-refractivity contribution in [3.05, 3.63) is 60.7 Å². The van der Waals surface area contributed by atoms with Crippen molar-refractivity contribution in [1.82, 2.24) is 0 Å². The molecule has 3 rings (SSSR count). The summed E-state index contributed by atoms with van der Waals surface area (Å²) in [4.78, 5) is 0. The van der Waals surface area contributed by atoms with Gasteiger partial charge in [-0.2, -0.15) is 57.9 Å². The van der Waals surface area contributed by atoms with Crippen LogP contribution in [0.25, 0.3) is 21.5 Å². The number of fused-ring (bicyclic) bond motifs is 2.